The fourth-order valence-corrected chi connectivity index (χ4v) is 3.63. The highest BCUT2D eigenvalue weighted by Gasteiger charge is 2.13. The molecule has 1 fully saturated rings. The number of hydrogen-bond donors (Lipinski definition) is 2. The molecule has 2 aliphatic rings. The average molecular weight is 425 g/mol. The van der Waals surface area contributed by atoms with Crippen LogP contribution >= 0.6 is 0 Å². The molecular formula is C24H32N4O3. The molecule has 166 valence electrons. The van der Waals surface area contributed by atoms with Crippen molar-refractivity contribution in [2.24, 2.45) is 4.99 Å². The molecule has 0 aromatic heterocycles. The topological polar surface area (TPSA) is 67.4 Å². The highest BCUT2D eigenvalue weighted by Crippen LogP contribution is 2.32. The van der Waals surface area contributed by atoms with E-state index in [4.69, 9.17) is 19.2 Å². The first-order valence-corrected chi connectivity index (χ1v) is 11.1. The van der Waals surface area contributed by atoms with Gasteiger partial charge in [-0.1, -0.05) is 24.3 Å². The van der Waals surface area contributed by atoms with Crippen molar-refractivity contribution in [2.75, 3.05) is 57.9 Å². The fourth-order valence-electron chi connectivity index (χ4n) is 3.63. The van der Waals surface area contributed by atoms with Gasteiger partial charge < -0.3 is 24.8 Å². The molecule has 0 aliphatic carbocycles. The molecule has 2 aromatic rings. The quantitative estimate of drug-likeness (QED) is 0.549. The summed E-state index contributed by atoms with van der Waals surface area (Å²) >= 11 is 0. The van der Waals surface area contributed by atoms with Crippen LogP contribution in [-0.2, 0) is 11.3 Å². The normalized spacial score (nSPS) is 17.1. The maximum Gasteiger partial charge on any atom is 0.196 e. The van der Waals surface area contributed by atoms with Crippen molar-refractivity contribution in [1.82, 2.24) is 10.2 Å². The molecule has 2 heterocycles. The lowest BCUT2D eigenvalue weighted by atomic mass is 10.1. The van der Waals surface area contributed by atoms with Gasteiger partial charge >= 0.3 is 0 Å². The van der Waals surface area contributed by atoms with Crippen molar-refractivity contribution in [3.05, 3.63) is 53.6 Å². The van der Waals surface area contributed by atoms with Gasteiger partial charge in [0, 0.05) is 44.4 Å². The zero-order valence-corrected chi connectivity index (χ0v) is 18.2. The molecule has 0 bridgehead atoms. The lowest BCUT2D eigenvalue weighted by Crippen LogP contribution is -2.42. The Balaban J connectivity index is 1.44. The minimum atomic E-state index is 0.615. The monoisotopic (exact) mass is 424 g/mol. The van der Waals surface area contributed by atoms with Gasteiger partial charge in [0.1, 0.15) is 0 Å². The molecule has 0 spiro atoms. The maximum atomic E-state index is 5.83. The Bertz CT molecular complexity index is 881. The van der Waals surface area contributed by atoms with Crippen molar-refractivity contribution in [2.45, 2.75) is 19.9 Å². The largest absolute Gasteiger partial charge is 0.490 e. The van der Waals surface area contributed by atoms with Crippen LogP contribution in [0.15, 0.2) is 47.5 Å². The number of guanidine groups is 1. The van der Waals surface area contributed by atoms with Crippen LogP contribution in [0.25, 0.3) is 0 Å². The van der Waals surface area contributed by atoms with Gasteiger partial charge in [-0.2, -0.15) is 0 Å². The number of nitrogens with one attached hydrogen (secondary N) is 2. The number of aliphatic imine (C=N–C) groups is 1. The Morgan fingerprint density at radius 1 is 1.00 bits per heavy atom. The Morgan fingerprint density at radius 3 is 2.65 bits per heavy atom. The van der Waals surface area contributed by atoms with E-state index in [9.17, 15) is 0 Å². The summed E-state index contributed by atoms with van der Waals surface area (Å²) in [6.07, 6.45) is 0.893. The molecule has 2 aliphatic heterocycles. The van der Waals surface area contributed by atoms with Gasteiger partial charge in [0.2, 0.25) is 0 Å². The maximum absolute atomic E-state index is 5.83. The van der Waals surface area contributed by atoms with E-state index in [1.165, 1.54) is 11.1 Å². The summed E-state index contributed by atoms with van der Waals surface area (Å²) in [5.41, 5.74) is 3.39. The number of aryl methyl sites for hydroxylation is 1. The zero-order chi connectivity index (χ0) is 21.3. The van der Waals surface area contributed by atoms with Gasteiger partial charge in [0.05, 0.1) is 33.0 Å². The number of rotatable bonds is 6. The standard InChI is InChI=1S/C24H32N4O3/c1-19-5-2-3-6-20(19)18-26-24(25-9-10-28-11-15-29-16-12-28)27-21-7-8-22-23(17-21)31-14-4-13-30-22/h2-3,5-8,17H,4,9-16,18H2,1H3,(H2,25,26,27). The molecule has 31 heavy (non-hydrogen) atoms. The van der Waals surface area contributed by atoms with Crippen LogP contribution in [0.1, 0.15) is 17.5 Å². The van der Waals surface area contributed by atoms with Gasteiger partial charge in [-0.15, -0.1) is 0 Å². The highest BCUT2D eigenvalue weighted by molar-refractivity contribution is 5.94. The van der Waals surface area contributed by atoms with E-state index in [2.05, 4.69) is 46.7 Å². The lowest BCUT2D eigenvalue weighted by molar-refractivity contribution is 0.0389. The second-order valence-electron chi connectivity index (χ2n) is 7.81. The Morgan fingerprint density at radius 2 is 1.81 bits per heavy atom. The number of ether oxygens (including phenoxy) is 3. The molecule has 2 N–H and O–H groups in total. The summed E-state index contributed by atoms with van der Waals surface area (Å²) < 4.78 is 17.0. The molecule has 7 heteroatoms. The molecular weight excluding hydrogens is 392 g/mol. The van der Waals surface area contributed by atoms with E-state index in [0.717, 1.165) is 69.0 Å². The van der Waals surface area contributed by atoms with Crippen molar-refractivity contribution < 1.29 is 14.2 Å². The number of anilines is 1. The van der Waals surface area contributed by atoms with Crippen LogP contribution in [0.3, 0.4) is 0 Å². The smallest absolute Gasteiger partial charge is 0.196 e. The van der Waals surface area contributed by atoms with Gasteiger partial charge in [0.25, 0.3) is 0 Å². The number of morpholine rings is 1. The summed E-state index contributed by atoms with van der Waals surface area (Å²) in [4.78, 5) is 7.25. The van der Waals surface area contributed by atoms with Crippen molar-refractivity contribution in [1.29, 1.82) is 0 Å². The highest BCUT2D eigenvalue weighted by atomic mass is 16.5. The third-order valence-corrected chi connectivity index (χ3v) is 5.50. The van der Waals surface area contributed by atoms with Crippen molar-refractivity contribution >= 4 is 11.6 Å². The van der Waals surface area contributed by atoms with E-state index in [1.54, 1.807) is 0 Å². The van der Waals surface area contributed by atoms with Crippen LogP contribution in [0, 0.1) is 6.92 Å². The Hall–Kier alpha value is -2.77. The minimum absolute atomic E-state index is 0.615. The van der Waals surface area contributed by atoms with Gasteiger partial charge in [-0.25, -0.2) is 4.99 Å². The number of nitrogens with zero attached hydrogens (tertiary/aromatic N) is 2. The molecule has 0 radical (unpaired) electrons. The summed E-state index contributed by atoms with van der Waals surface area (Å²) in [7, 11) is 0. The van der Waals surface area contributed by atoms with E-state index in [-0.39, 0.29) is 0 Å². The average Bonchev–Trinajstić information content (AvgIpc) is 3.04. The van der Waals surface area contributed by atoms with Gasteiger partial charge in [-0.05, 0) is 30.2 Å². The fraction of sp³-hybridized carbons (Fsp3) is 0.458. The molecule has 1 saturated heterocycles. The summed E-state index contributed by atoms with van der Waals surface area (Å²) in [5, 5.41) is 6.92. The van der Waals surface area contributed by atoms with Crippen LogP contribution in [0.4, 0.5) is 5.69 Å². The molecule has 0 unspecified atom stereocenters. The van der Waals surface area contributed by atoms with Crippen LogP contribution in [0.2, 0.25) is 0 Å². The summed E-state index contributed by atoms with van der Waals surface area (Å²) in [5.74, 6) is 2.32. The van der Waals surface area contributed by atoms with Gasteiger partial charge in [-0.3, -0.25) is 4.90 Å². The Kier molecular flexibility index (Phi) is 7.63. The molecule has 0 amide bonds. The predicted octanol–water partition coefficient (Wildman–Crippen LogP) is 3.05. The summed E-state index contributed by atoms with van der Waals surface area (Å²) in [6.45, 7) is 9.43. The van der Waals surface area contributed by atoms with Crippen molar-refractivity contribution in [3.63, 3.8) is 0 Å². The molecule has 0 saturated carbocycles. The van der Waals surface area contributed by atoms with Crippen LogP contribution in [0.5, 0.6) is 11.5 Å². The minimum Gasteiger partial charge on any atom is -0.490 e. The first-order valence-electron chi connectivity index (χ1n) is 11.1. The van der Waals surface area contributed by atoms with Gasteiger partial charge in [0.15, 0.2) is 17.5 Å². The molecule has 0 atom stereocenters. The SMILES string of the molecule is Cc1ccccc1CN=C(NCCN1CCOCC1)Nc1ccc2c(c1)OCCCO2. The third kappa shape index (κ3) is 6.35. The second kappa shape index (κ2) is 11.0. The number of benzene rings is 2. The molecule has 2 aromatic carbocycles. The first kappa shape index (κ1) is 21.5. The Labute approximate surface area is 184 Å². The number of hydrogen-bond acceptors (Lipinski definition) is 5. The summed E-state index contributed by atoms with van der Waals surface area (Å²) in [6, 6.07) is 14.3. The van der Waals surface area contributed by atoms with Crippen LogP contribution < -0.4 is 20.1 Å². The third-order valence-electron chi connectivity index (χ3n) is 5.50. The lowest BCUT2D eigenvalue weighted by Gasteiger charge is -2.26. The van der Waals surface area contributed by atoms with Crippen molar-refractivity contribution in [3.8, 4) is 11.5 Å². The number of fused-ring (bicyclic) bond motifs is 1. The van der Waals surface area contributed by atoms with E-state index < -0.39 is 0 Å². The van der Waals surface area contributed by atoms with E-state index in [1.807, 2.05) is 18.2 Å². The molecule has 4 rings (SSSR count). The predicted molar refractivity (Wildman–Crippen MR) is 123 cm³/mol. The molecule has 7 nitrogen and oxygen atoms in total. The van der Waals surface area contributed by atoms with Crippen LogP contribution in [-0.4, -0.2) is 63.5 Å². The van der Waals surface area contributed by atoms with E-state index >= 15 is 0 Å². The zero-order valence-electron chi connectivity index (χ0n) is 18.2. The van der Waals surface area contributed by atoms with E-state index in [0.29, 0.717) is 19.8 Å². The second-order valence-corrected chi connectivity index (χ2v) is 7.81. The first-order chi connectivity index (χ1) is 15.3.